The molecule has 5 rings (SSSR count). The van der Waals surface area contributed by atoms with Gasteiger partial charge in [-0.15, -0.1) is 5.10 Å². The van der Waals surface area contributed by atoms with Crippen LogP contribution in [0.25, 0.3) is 28.1 Å². The van der Waals surface area contributed by atoms with Gasteiger partial charge in [0, 0.05) is 23.3 Å². The molecule has 1 N–H and O–H groups in total. The van der Waals surface area contributed by atoms with Crippen molar-refractivity contribution < 1.29 is 4.74 Å². The van der Waals surface area contributed by atoms with Crippen molar-refractivity contribution in [2.75, 3.05) is 0 Å². The highest BCUT2D eigenvalue weighted by Crippen LogP contribution is 2.26. The van der Waals surface area contributed by atoms with Gasteiger partial charge in [0.1, 0.15) is 6.61 Å². The Morgan fingerprint density at radius 2 is 1.90 bits per heavy atom. The van der Waals surface area contributed by atoms with Crippen molar-refractivity contribution in [3.05, 3.63) is 83.0 Å². The minimum atomic E-state index is 0.427. The molecule has 3 heterocycles. The van der Waals surface area contributed by atoms with Gasteiger partial charge < -0.3 is 9.30 Å². The van der Waals surface area contributed by atoms with Gasteiger partial charge in [0.25, 0.3) is 0 Å². The van der Waals surface area contributed by atoms with E-state index in [1.807, 2.05) is 65.4 Å². The number of aryl methyl sites for hydroxylation is 1. The number of aromatic nitrogens is 6. The van der Waals surface area contributed by atoms with Crippen molar-refractivity contribution in [1.82, 2.24) is 30.2 Å². The van der Waals surface area contributed by atoms with E-state index in [9.17, 15) is 0 Å². The predicted octanol–water partition coefficient (Wildman–Crippen LogP) is 4.75. The molecule has 148 valence electrons. The normalized spacial score (nSPS) is 11.1. The van der Waals surface area contributed by atoms with Gasteiger partial charge in [-0.1, -0.05) is 41.9 Å². The average Bonchev–Trinajstić information content (AvgIpc) is 3.42. The zero-order chi connectivity index (χ0) is 20.5. The van der Waals surface area contributed by atoms with Crippen LogP contribution >= 0.6 is 11.6 Å². The molecule has 0 atom stereocenters. The second kappa shape index (κ2) is 7.61. The maximum atomic E-state index is 6.21. The Labute approximate surface area is 177 Å². The molecule has 5 aromatic rings. The summed E-state index contributed by atoms with van der Waals surface area (Å²) < 4.78 is 7.88. The van der Waals surface area contributed by atoms with E-state index in [-0.39, 0.29) is 0 Å². The summed E-state index contributed by atoms with van der Waals surface area (Å²) in [6.07, 6.45) is 1.83. The van der Waals surface area contributed by atoms with Gasteiger partial charge in [0.05, 0.1) is 16.2 Å². The Hall–Kier alpha value is -3.71. The van der Waals surface area contributed by atoms with Crippen LogP contribution in [-0.4, -0.2) is 30.2 Å². The zero-order valence-electron chi connectivity index (χ0n) is 16.1. The molecule has 0 aliphatic rings. The van der Waals surface area contributed by atoms with Crippen molar-refractivity contribution in [2.45, 2.75) is 13.5 Å². The maximum absolute atomic E-state index is 6.21. The molecule has 7 nitrogen and oxygen atoms in total. The highest BCUT2D eigenvalue weighted by molar-refractivity contribution is 6.30. The molecule has 0 fully saturated rings. The molecule has 30 heavy (non-hydrogen) atoms. The van der Waals surface area contributed by atoms with E-state index in [1.165, 1.54) is 0 Å². The molecule has 0 unspecified atom stereocenters. The maximum Gasteiger partial charge on any atom is 0.214 e. The third-order valence-electron chi connectivity index (χ3n) is 4.88. The lowest BCUT2D eigenvalue weighted by Gasteiger charge is -2.10. The number of pyridine rings is 1. The summed E-state index contributed by atoms with van der Waals surface area (Å²) in [6, 6.07) is 19.9. The Bertz CT molecular complexity index is 1310. The highest BCUT2D eigenvalue weighted by Gasteiger charge is 2.12. The van der Waals surface area contributed by atoms with Gasteiger partial charge in [-0.05, 0) is 52.7 Å². The summed E-state index contributed by atoms with van der Waals surface area (Å²) in [7, 11) is 0. The summed E-state index contributed by atoms with van der Waals surface area (Å²) in [5, 5.41) is 15.7. The molecule has 0 aliphatic carbocycles. The summed E-state index contributed by atoms with van der Waals surface area (Å²) in [4.78, 5) is 4.60. The second-order valence-corrected chi connectivity index (χ2v) is 7.35. The van der Waals surface area contributed by atoms with E-state index in [0.29, 0.717) is 23.3 Å². The van der Waals surface area contributed by atoms with Crippen LogP contribution in [0.1, 0.15) is 11.1 Å². The van der Waals surface area contributed by atoms with Crippen molar-refractivity contribution in [2.24, 2.45) is 0 Å². The van der Waals surface area contributed by atoms with Crippen molar-refractivity contribution in [1.29, 1.82) is 0 Å². The van der Waals surface area contributed by atoms with Crippen LogP contribution in [0.3, 0.4) is 0 Å². The van der Waals surface area contributed by atoms with Gasteiger partial charge in [-0.2, -0.15) is 0 Å². The molecule has 0 aliphatic heterocycles. The SMILES string of the molecule is Cc1cc(OCc2ccc(-n3cc(Cl)cc3-c3nnn[nH]3)cc2)nc2ccccc12. The van der Waals surface area contributed by atoms with E-state index in [2.05, 4.69) is 38.6 Å². The lowest BCUT2D eigenvalue weighted by Crippen LogP contribution is -2.00. The van der Waals surface area contributed by atoms with Crippen LogP contribution in [0, 0.1) is 6.92 Å². The number of para-hydroxylation sites is 1. The van der Waals surface area contributed by atoms with Gasteiger partial charge in [0.2, 0.25) is 5.88 Å². The fraction of sp³-hybridized carbons (Fsp3) is 0.0909. The topological polar surface area (TPSA) is 81.5 Å². The number of hydrogen-bond acceptors (Lipinski definition) is 5. The smallest absolute Gasteiger partial charge is 0.214 e. The molecular formula is C22H17ClN6O. The number of nitrogens with zero attached hydrogens (tertiary/aromatic N) is 5. The third-order valence-corrected chi connectivity index (χ3v) is 5.08. The van der Waals surface area contributed by atoms with E-state index in [0.717, 1.165) is 33.4 Å². The Morgan fingerprint density at radius 3 is 2.70 bits per heavy atom. The Morgan fingerprint density at radius 1 is 1.07 bits per heavy atom. The Balaban J connectivity index is 1.35. The lowest BCUT2D eigenvalue weighted by atomic mass is 10.1. The quantitative estimate of drug-likeness (QED) is 0.447. The van der Waals surface area contributed by atoms with Gasteiger partial charge >= 0.3 is 0 Å². The number of aromatic amines is 1. The minimum absolute atomic E-state index is 0.427. The van der Waals surface area contributed by atoms with Crippen LogP contribution in [0.4, 0.5) is 0 Å². The minimum Gasteiger partial charge on any atom is -0.473 e. The molecule has 3 aromatic heterocycles. The van der Waals surface area contributed by atoms with E-state index < -0.39 is 0 Å². The standard InChI is InChI=1S/C22H17ClN6O/c1-14-10-21(24-19-5-3-2-4-18(14)19)30-13-15-6-8-17(9-7-15)29-12-16(23)11-20(29)22-25-27-28-26-22/h2-12H,13H2,1H3,(H,25,26,27,28). The molecule has 0 amide bonds. The third kappa shape index (κ3) is 3.51. The van der Waals surface area contributed by atoms with Crippen LogP contribution in [-0.2, 0) is 6.61 Å². The fourth-order valence-electron chi connectivity index (χ4n) is 3.40. The number of halogens is 1. The number of ether oxygens (including phenoxy) is 1. The summed E-state index contributed by atoms with van der Waals surface area (Å²) in [6.45, 7) is 2.49. The molecule has 0 radical (unpaired) electrons. The summed E-state index contributed by atoms with van der Waals surface area (Å²) in [5.74, 6) is 1.17. The van der Waals surface area contributed by atoms with E-state index in [1.54, 1.807) is 0 Å². The molecule has 0 saturated carbocycles. The molecule has 0 saturated heterocycles. The lowest BCUT2D eigenvalue weighted by molar-refractivity contribution is 0.295. The molecular weight excluding hydrogens is 400 g/mol. The predicted molar refractivity (Wildman–Crippen MR) is 115 cm³/mol. The van der Waals surface area contributed by atoms with Gasteiger partial charge in [-0.25, -0.2) is 10.1 Å². The number of benzene rings is 2. The Kier molecular flexibility index (Phi) is 4.65. The average molecular weight is 417 g/mol. The molecule has 2 aromatic carbocycles. The van der Waals surface area contributed by atoms with Gasteiger partial charge in [0.15, 0.2) is 5.82 Å². The second-order valence-electron chi connectivity index (χ2n) is 6.91. The summed E-state index contributed by atoms with van der Waals surface area (Å²) >= 11 is 6.21. The fourth-order valence-corrected chi connectivity index (χ4v) is 3.60. The van der Waals surface area contributed by atoms with Crippen LogP contribution in [0.2, 0.25) is 5.02 Å². The first-order valence-electron chi connectivity index (χ1n) is 9.38. The summed E-state index contributed by atoms with van der Waals surface area (Å²) in [5.41, 5.74) is 4.83. The van der Waals surface area contributed by atoms with Crippen LogP contribution in [0.15, 0.2) is 66.9 Å². The van der Waals surface area contributed by atoms with Gasteiger partial charge in [-0.3, -0.25) is 0 Å². The number of H-pyrrole nitrogens is 1. The first-order valence-corrected chi connectivity index (χ1v) is 9.76. The first-order chi connectivity index (χ1) is 14.7. The van der Waals surface area contributed by atoms with E-state index in [4.69, 9.17) is 16.3 Å². The number of hydrogen-bond donors (Lipinski definition) is 1. The van der Waals surface area contributed by atoms with Crippen molar-refractivity contribution >= 4 is 22.5 Å². The number of tetrazole rings is 1. The molecule has 0 spiro atoms. The molecule has 8 heteroatoms. The molecule has 0 bridgehead atoms. The zero-order valence-corrected chi connectivity index (χ0v) is 16.8. The van der Waals surface area contributed by atoms with Crippen molar-refractivity contribution in [3.63, 3.8) is 0 Å². The number of nitrogens with one attached hydrogen (secondary N) is 1. The monoisotopic (exact) mass is 416 g/mol. The van der Waals surface area contributed by atoms with E-state index >= 15 is 0 Å². The van der Waals surface area contributed by atoms with Crippen LogP contribution in [0.5, 0.6) is 5.88 Å². The number of fused-ring (bicyclic) bond motifs is 1. The van der Waals surface area contributed by atoms with Crippen LogP contribution < -0.4 is 4.74 Å². The van der Waals surface area contributed by atoms with Crippen molar-refractivity contribution in [3.8, 4) is 23.1 Å². The largest absolute Gasteiger partial charge is 0.473 e. The number of rotatable bonds is 5. The highest BCUT2D eigenvalue weighted by atomic mass is 35.5. The first kappa shape index (κ1) is 18.3.